The molecule has 0 fully saturated rings. The molecule has 0 atom stereocenters. The first-order valence-corrected chi connectivity index (χ1v) is 4.98. The van der Waals surface area contributed by atoms with Gasteiger partial charge in [-0.1, -0.05) is 0 Å². The predicted octanol–water partition coefficient (Wildman–Crippen LogP) is 0.480. The van der Waals surface area contributed by atoms with E-state index in [-0.39, 0.29) is 4.90 Å². The fourth-order valence-corrected chi connectivity index (χ4v) is 1.33. The Kier molecular flexibility index (Phi) is 2.86. The van der Waals surface area contributed by atoms with E-state index in [0.717, 1.165) is 5.69 Å². The van der Waals surface area contributed by atoms with Crippen LogP contribution in [0.1, 0.15) is 0 Å². The molecular formula is C7H10N2O3S. The molecule has 0 unspecified atom stereocenters. The summed E-state index contributed by atoms with van der Waals surface area (Å²) in [7, 11) is -2.39. The van der Waals surface area contributed by atoms with Gasteiger partial charge in [0.1, 0.15) is 0 Å². The van der Waals surface area contributed by atoms with Crippen LogP contribution in [0.25, 0.3) is 0 Å². The van der Waals surface area contributed by atoms with Crippen molar-refractivity contribution in [1.82, 2.24) is 5.43 Å². The number of nitrogens with one attached hydrogen (secondary N) is 2. The van der Waals surface area contributed by atoms with Gasteiger partial charge >= 0.3 is 0 Å². The first kappa shape index (κ1) is 9.97. The Hall–Kier alpha value is -1.11. The summed E-state index contributed by atoms with van der Waals surface area (Å²) < 4.78 is 29.9. The monoisotopic (exact) mass is 202 g/mol. The second kappa shape index (κ2) is 3.73. The summed E-state index contributed by atoms with van der Waals surface area (Å²) in [6.45, 7) is 0. The van der Waals surface area contributed by atoms with E-state index in [1.807, 2.05) is 0 Å². The number of hydrazine groups is 1. The third-order valence-corrected chi connectivity index (χ3v) is 2.29. The SMILES string of the molecule is CNNc1ccc(S(=O)(=O)O)cc1. The highest BCUT2D eigenvalue weighted by Crippen LogP contribution is 2.12. The lowest BCUT2D eigenvalue weighted by Crippen LogP contribution is -2.14. The van der Waals surface area contributed by atoms with Gasteiger partial charge in [-0.25, -0.2) is 5.43 Å². The van der Waals surface area contributed by atoms with E-state index >= 15 is 0 Å². The van der Waals surface area contributed by atoms with E-state index in [4.69, 9.17) is 4.55 Å². The van der Waals surface area contributed by atoms with E-state index in [1.54, 1.807) is 19.2 Å². The zero-order valence-corrected chi connectivity index (χ0v) is 7.80. The summed E-state index contributed by atoms with van der Waals surface area (Å²) in [5, 5.41) is 0. The maximum absolute atomic E-state index is 10.6. The Labute approximate surface area is 76.5 Å². The highest BCUT2D eigenvalue weighted by atomic mass is 32.2. The smallest absolute Gasteiger partial charge is 0.294 e. The molecule has 0 aliphatic heterocycles. The van der Waals surface area contributed by atoms with Crippen molar-refractivity contribution >= 4 is 15.8 Å². The minimum Gasteiger partial charge on any atom is -0.322 e. The molecule has 0 bridgehead atoms. The standard InChI is InChI=1S/C7H10N2O3S/c1-8-9-6-2-4-7(5-3-6)13(10,11)12/h2-5,8-9H,1H3,(H,10,11,12). The van der Waals surface area contributed by atoms with E-state index in [2.05, 4.69) is 10.9 Å². The van der Waals surface area contributed by atoms with Crippen LogP contribution in [-0.4, -0.2) is 20.0 Å². The molecule has 1 rings (SSSR count). The Morgan fingerprint density at radius 2 is 1.77 bits per heavy atom. The van der Waals surface area contributed by atoms with Crippen molar-refractivity contribution in [3.8, 4) is 0 Å². The summed E-state index contributed by atoms with van der Waals surface area (Å²) in [5.41, 5.74) is 6.16. The fraction of sp³-hybridized carbons (Fsp3) is 0.143. The van der Waals surface area contributed by atoms with Gasteiger partial charge in [0, 0.05) is 12.7 Å². The number of anilines is 1. The fourth-order valence-electron chi connectivity index (χ4n) is 0.855. The minimum absolute atomic E-state index is 0.117. The lowest BCUT2D eigenvalue weighted by atomic mass is 10.3. The van der Waals surface area contributed by atoms with Crippen LogP contribution in [-0.2, 0) is 10.1 Å². The number of hydrogen-bond donors (Lipinski definition) is 3. The highest BCUT2D eigenvalue weighted by Gasteiger charge is 2.07. The van der Waals surface area contributed by atoms with Crippen LogP contribution in [0.4, 0.5) is 5.69 Å². The largest absolute Gasteiger partial charge is 0.322 e. The van der Waals surface area contributed by atoms with Crippen LogP contribution >= 0.6 is 0 Å². The summed E-state index contributed by atoms with van der Waals surface area (Å²) in [5.74, 6) is 0. The predicted molar refractivity (Wildman–Crippen MR) is 48.9 cm³/mol. The van der Waals surface area contributed by atoms with Crippen molar-refractivity contribution in [2.75, 3.05) is 12.5 Å². The first-order valence-electron chi connectivity index (χ1n) is 3.54. The average molecular weight is 202 g/mol. The van der Waals surface area contributed by atoms with Gasteiger partial charge in [-0.2, -0.15) is 8.42 Å². The van der Waals surface area contributed by atoms with Gasteiger partial charge in [0.25, 0.3) is 10.1 Å². The summed E-state index contributed by atoms with van der Waals surface area (Å²) in [4.78, 5) is -0.117. The Balaban J connectivity index is 2.94. The number of hydrogen-bond acceptors (Lipinski definition) is 4. The number of benzene rings is 1. The molecular weight excluding hydrogens is 192 g/mol. The maximum Gasteiger partial charge on any atom is 0.294 e. The molecule has 0 radical (unpaired) electrons. The van der Waals surface area contributed by atoms with Crippen LogP contribution in [0.3, 0.4) is 0 Å². The topological polar surface area (TPSA) is 78.4 Å². The molecule has 13 heavy (non-hydrogen) atoms. The Bertz CT molecular complexity index is 371. The van der Waals surface area contributed by atoms with E-state index in [0.29, 0.717) is 0 Å². The van der Waals surface area contributed by atoms with Crippen molar-refractivity contribution in [3.63, 3.8) is 0 Å². The van der Waals surface area contributed by atoms with Crippen LogP contribution < -0.4 is 10.9 Å². The third kappa shape index (κ3) is 2.69. The molecule has 3 N–H and O–H groups in total. The Morgan fingerprint density at radius 1 is 1.23 bits per heavy atom. The summed E-state index contributed by atoms with van der Waals surface area (Å²) in [6, 6.07) is 5.71. The zero-order chi connectivity index (χ0) is 9.90. The molecule has 0 aliphatic rings. The van der Waals surface area contributed by atoms with Crippen LogP contribution in [0, 0.1) is 0 Å². The lowest BCUT2D eigenvalue weighted by Gasteiger charge is -2.03. The van der Waals surface area contributed by atoms with Crippen LogP contribution in [0.5, 0.6) is 0 Å². The second-order valence-electron chi connectivity index (χ2n) is 2.37. The van der Waals surface area contributed by atoms with Crippen molar-refractivity contribution in [1.29, 1.82) is 0 Å². The maximum atomic E-state index is 10.6. The van der Waals surface area contributed by atoms with Crippen LogP contribution in [0.2, 0.25) is 0 Å². The molecule has 0 spiro atoms. The highest BCUT2D eigenvalue weighted by molar-refractivity contribution is 7.85. The molecule has 0 aromatic heterocycles. The van der Waals surface area contributed by atoms with Crippen molar-refractivity contribution < 1.29 is 13.0 Å². The average Bonchev–Trinajstić information content (AvgIpc) is 2.04. The third-order valence-electron chi connectivity index (χ3n) is 1.42. The molecule has 1 aromatic rings. The molecule has 0 amide bonds. The van der Waals surface area contributed by atoms with E-state index < -0.39 is 10.1 Å². The van der Waals surface area contributed by atoms with Gasteiger partial charge in [-0.05, 0) is 24.3 Å². The molecule has 0 aliphatic carbocycles. The molecule has 6 heteroatoms. The van der Waals surface area contributed by atoms with Gasteiger partial charge in [-0.3, -0.25) is 4.55 Å². The molecule has 0 saturated carbocycles. The summed E-state index contributed by atoms with van der Waals surface area (Å²) in [6.07, 6.45) is 0. The minimum atomic E-state index is -4.08. The van der Waals surface area contributed by atoms with E-state index in [1.165, 1.54) is 12.1 Å². The van der Waals surface area contributed by atoms with Gasteiger partial charge in [0.15, 0.2) is 0 Å². The first-order chi connectivity index (χ1) is 6.04. The van der Waals surface area contributed by atoms with Crippen LogP contribution in [0.15, 0.2) is 29.2 Å². The van der Waals surface area contributed by atoms with Gasteiger partial charge in [-0.15, -0.1) is 0 Å². The zero-order valence-electron chi connectivity index (χ0n) is 6.98. The lowest BCUT2D eigenvalue weighted by molar-refractivity contribution is 0.483. The van der Waals surface area contributed by atoms with Gasteiger partial charge in [0.2, 0.25) is 0 Å². The van der Waals surface area contributed by atoms with Crippen molar-refractivity contribution in [2.24, 2.45) is 0 Å². The molecule has 1 aromatic carbocycles. The van der Waals surface area contributed by atoms with Gasteiger partial charge < -0.3 is 5.43 Å². The second-order valence-corrected chi connectivity index (χ2v) is 3.80. The quantitative estimate of drug-likeness (QED) is 0.491. The van der Waals surface area contributed by atoms with Gasteiger partial charge in [0.05, 0.1) is 4.90 Å². The molecule has 0 heterocycles. The van der Waals surface area contributed by atoms with Crippen molar-refractivity contribution in [2.45, 2.75) is 4.90 Å². The number of rotatable bonds is 3. The summed E-state index contributed by atoms with van der Waals surface area (Å²) >= 11 is 0. The normalized spacial score (nSPS) is 11.2. The van der Waals surface area contributed by atoms with E-state index in [9.17, 15) is 8.42 Å². The molecule has 72 valence electrons. The Morgan fingerprint density at radius 3 is 2.15 bits per heavy atom. The molecule has 0 saturated heterocycles. The van der Waals surface area contributed by atoms with Crippen molar-refractivity contribution in [3.05, 3.63) is 24.3 Å². The molecule has 5 nitrogen and oxygen atoms in total.